The molecule has 0 aliphatic heterocycles. The number of hydrogen-bond donors (Lipinski definition) is 3. The summed E-state index contributed by atoms with van der Waals surface area (Å²) in [6.07, 6.45) is 1.28. The third kappa shape index (κ3) is 2.86. The Bertz CT molecular complexity index is 736. The molecule has 3 N–H and O–H groups in total. The minimum atomic E-state index is -1.36. The molecule has 0 aliphatic rings. The Balaban J connectivity index is 2.49. The lowest BCUT2D eigenvalue weighted by molar-refractivity contribution is 0.0651. The van der Waals surface area contributed by atoms with Gasteiger partial charge in [0.1, 0.15) is 5.69 Å². The average molecular weight is 287 g/mol. The predicted molar refractivity (Wildman–Crippen MR) is 70.6 cm³/mol. The van der Waals surface area contributed by atoms with Crippen molar-refractivity contribution in [2.75, 3.05) is 0 Å². The molecule has 0 radical (unpaired) electrons. The van der Waals surface area contributed by atoms with Crippen LogP contribution in [0.2, 0.25) is 0 Å². The number of carboxylic acid groups (broad SMARTS) is 3. The standard InChI is InChI=1S/C14H9NO6/c16-12(17)9-3-1-7(5-10(9)13(18)19)8-2-4-11(14(20)21)15-6-8/h1-6H,(H,16,17)(H,18,19)(H,20,21). The summed E-state index contributed by atoms with van der Waals surface area (Å²) in [5.74, 6) is -3.86. The lowest BCUT2D eigenvalue weighted by Gasteiger charge is -2.06. The van der Waals surface area contributed by atoms with Gasteiger partial charge in [0, 0.05) is 11.8 Å². The zero-order valence-electron chi connectivity index (χ0n) is 10.5. The van der Waals surface area contributed by atoms with Gasteiger partial charge in [-0.25, -0.2) is 19.4 Å². The topological polar surface area (TPSA) is 125 Å². The third-order valence-electron chi connectivity index (χ3n) is 2.80. The first-order valence-corrected chi connectivity index (χ1v) is 5.70. The molecule has 7 heteroatoms. The van der Waals surface area contributed by atoms with Crippen LogP contribution >= 0.6 is 0 Å². The van der Waals surface area contributed by atoms with Gasteiger partial charge in [0.15, 0.2) is 0 Å². The van der Waals surface area contributed by atoms with Crippen LogP contribution < -0.4 is 0 Å². The van der Waals surface area contributed by atoms with Gasteiger partial charge < -0.3 is 15.3 Å². The molecule has 0 spiro atoms. The Kier molecular flexibility index (Phi) is 3.66. The van der Waals surface area contributed by atoms with Crippen molar-refractivity contribution in [2.45, 2.75) is 0 Å². The van der Waals surface area contributed by atoms with Gasteiger partial charge in [0.25, 0.3) is 0 Å². The van der Waals surface area contributed by atoms with Crippen LogP contribution in [0.5, 0.6) is 0 Å². The fraction of sp³-hybridized carbons (Fsp3) is 0. The molecule has 0 saturated heterocycles. The van der Waals surface area contributed by atoms with Crippen LogP contribution in [0.3, 0.4) is 0 Å². The van der Waals surface area contributed by atoms with E-state index < -0.39 is 17.9 Å². The highest BCUT2D eigenvalue weighted by Crippen LogP contribution is 2.22. The number of aromatic nitrogens is 1. The van der Waals surface area contributed by atoms with Crippen molar-refractivity contribution in [3.8, 4) is 11.1 Å². The maximum atomic E-state index is 11.1. The minimum Gasteiger partial charge on any atom is -0.478 e. The fourth-order valence-electron chi connectivity index (χ4n) is 1.78. The Morgan fingerprint density at radius 2 is 1.38 bits per heavy atom. The summed E-state index contributed by atoms with van der Waals surface area (Å²) in [6.45, 7) is 0. The van der Waals surface area contributed by atoms with E-state index >= 15 is 0 Å². The van der Waals surface area contributed by atoms with E-state index in [4.69, 9.17) is 15.3 Å². The Hall–Kier alpha value is -3.22. The summed E-state index contributed by atoms with van der Waals surface area (Å²) in [6, 6.07) is 6.59. The number of carboxylic acids is 3. The second-order valence-electron chi connectivity index (χ2n) is 4.11. The zero-order valence-corrected chi connectivity index (χ0v) is 10.5. The predicted octanol–water partition coefficient (Wildman–Crippen LogP) is 1.84. The fourth-order valence-corrected chi connectivity index (χ4v) is 1.78. The van der Waals surface area contributed by atoms with E-state index in [2.05, 4.69) is 4.98 Å². The van der Waals surface area contributed by atoms with Crippen LogP contribution in [0.4, 0.5) is 0 Å². The van der Waals surface area contributed by atoms with Crippen molar-refractivity contribution in [3.05, 3.63) is 53.3 Å². The Labute approximate surface area is 118 Å². The molecule has 21 heavy (non-hydrogen) atoms. The summed E-state index contributed by atoms with van der Waals surface area (Å²) in [7, 11) is 0. The monoisotopic (exact) mass is 287 g/mol. The van der Waals surface area contributed by atoms with E-state index in [1.807, 2.05) is 0 Å². The smallest absolute Gasteiger partial charge is 0.354 e. The normalized spacial score (nSPS) is 10.1. The molecule has 1 aromatic heterocycles. The van der Waals surface area contributed by atoms with Crippen LogP contribution in [-0.2, 0) is 0 Å². The second kappa shape index (κ2) is 5.41. The maximum absolute atomic E-state index is 11.1. The molecule has 0 unspecified atom stereocenters. The molecule has 0 amide bonds. The average Bonchev–Trinajstić information content (AvgIpc) is 2.46. The summed E-state index contributed by atoms with van der Waals surface area (Å²) >= 11 is 0. The van der Waals surface area contributed by atoms with Crippen molar-refractivity contribution in [3.63, 3.8) is 0 Å². The number of pyridine rings is 1. The molecule has 0 saturated carbocycles. The lowest BCUT2D eigenvalue weighted by Crippen LogP contribution is -2.08. The van der Waals surface area contributed by atoms with Crippen molar-refractivity contribution in [1.29, 1.82) is 0 Å². The number of aromatic carboxylic acids is 3. The van der Waals surface area contributed by atoms with Gasteiger partial charge in [-0.2, -0.15) is 0 Å². The molecule has 0 fully saturated rings. The zero-order chi connectivity index (χ0) is 15.6. The van der Waals surface area contributed by atoms with Gasteiger partial charge in [0.05, 0.1) is 11.1 Å². The highest BCUT2D eigenvalue weighted by molar-refractivity contribution is 6.02. The molecular weight excluding hydrogens is 278 g/mol. The van der Waals surface area contributed by atoms with Crippen molar-refractivity contribution in [1.82, 2.24) is 4.98 Å². The molecule has 0 atom stereocenters. The van der Waals surface area contributed by atoms with Gasteiger partial charge in [-0.3, -0.25) is 0 Å². The Morgan fingerprint density at radius 1 is 0.762 bits per heavy atom. The number of rotatable bonds is 4. The van der Waals surface area contributed by atoms with Gasteiger partial charge in [-0.15, -0.1) is 0 Å². The van der Waals surface area contributed by atoms with E-state index in [1.165, 1.54) is 36.5 Å². The summed E-state index contributed by atoms with van der Waals surface area (Å²) < 4.78 is 0. The largest absolute Gasteiger partial charge is 0.478 e. The molecule has 0 bridgehead atoms. The van der Waals surface area contributed by atoms with Crippen molar-refractivity contribution >= 4 is 17.9 Å². The molecule has 106 valence electrons. The van der Waals surface area contributed by atoms with Gasteiger partial charge >= 0.3 is 17.9 Å². The minimum absolute atomic E-state index is 0.139. The first kappa shape index (κ1) is 14.2. The quantitative estimate of drug-likeness (QED) is 0.783. The highest BCUT2D eigenvalue weighted by Gasteiger charge is 2.17. The maximum Gasteiger partial charge on any atom is 0.354 e. The van der Waals surface area contributed by atoms with Gasteiger partial charge in [0.2, 0.25) is 0 Å². The van der Waals surface area contributed by atoms with Gasteiger partial charge in [-0.05, 0) is 23.8 Å². The van der Waals surface area contributed by atoms with E-state index in [1.54, 1.807) is 0 Å². The number of nitrogens with zero attached hydrogens (tertiary/aromatic N) is 1. The number of hydrogen-bond acceptors (Lipinski definition) is 4. The SMILES string of the molecule is O=C(O)c1ccc(-c2ccc(C(=O)O)c(C(=O)O)c2)cn1. The highest BCUT2D eigenvalue weighted by atomic mass is 16.4. The van der Waals surface area contributed by atoms with Crippen LogP contribution in [-0.4, -0.2) is 38.2 Å². The summed E-state index contributed by atoms with van der Waals surface area (Å²) in [5.41, 5.74) is 0.115. The summed E-state index contributed by atoms with van der Waals surface area (Å²) in [4.78, 5) is 36.5. The first-order chi connectivity index (χ1) is 9.90. The number of carbonyl (C=O) groups is 3. The molecule has 2 rings (SSSR count). The molecule has 0 aliphatic carbocycles. The molecule has 7 nitrogen and oxygen atoms in total. The van der Waals surface area contributed by atoms with Gasteiger partial charge in [-0.1, -0.05) is 12.1 Å². The molecule has 1 heterocycles. The molecular formula is C14H9NO6. The van der Waals surface area contributed by atoms with E-state index in [0.717, 1.165) is 0 Å². The van der Waals surface area contributed by atoms with E-state index in [-0.39, 0.29) is 16.8 Å². The second-order valence-corrected chi connectivity index (χ2v) is 4.11. The van der Waals surface area contributed by atoms with Crippen molar-refractivity contribution in [2.24, 2.45) is 0 Å². The van der Waals surface area contributed by atoms with Crippen molar-refractivity contribution < 1.29 is 29.7 Å². The number of benzene rings is 1. The molecule has 2 aromatic rings. The van der Waals surface area contributed by atoms with E-state index in [0.29, 0.717) is 11.1 Å². The molecule has 1 aromatic carbocycles. The first-order valence-electron chi connectivity index (χ1n) is 5.70. The lowest BCUT2D eigenvalue weighted by atomic mass is 10.00. The summed E-state index contributed by atoms with van der Waals surface area (Å²) in [5, 5.41) is 26.7. The van der Waals surface area contributed by atoms with Crippen LogP contribution in [0.15, 0.2) is 36.5 Å². The Morgan fingerprint density at radius 3 is 1.86 bits per heavy atom. The third-order valence-corrected chi connectivity index (χ3v) is 2.80. The van der Waals surface area contributed by atoms with Crippen LogP contribution in [0.25, 0.3) is 11.1 Å². The van der Waals surface area contributed by atoms with Crippen LogP contribution in [0.1, 0.15) is 31.2 Å². The van der Waals surface area contributed by atoms with Crippen LogP contribution in [0, 0.1) is 0 Å². The van der Waals surface area contributed by atoms with E-state index in [9.17, 15) is 14.4 Å².